The van der Waals surface area contributed by atoms with E-state index in [0.717, 1.165) is 24.1 Å². The minimum Gasteiger partial charge on any atom is -0.312 e. The van der Waals surface area contributed by atoms with Crippen LogP contribution in [0.25, 0.3) is 0 Å². The van der Waals surface area contributed by atoms with Gasteiger partial charge in [-0.3, -0.25) is 4.98 Å². The van der Waals surface area contributed by atoms with Gasteiger partial charge in [0.05, 0.1) is 5.02 Å². The second-order valence-electron chi connectivity index (χ2n) is 5.13. The molecule has 20 heavy (non-hydrogen) atoms. The maximum absolute atomic E-state index is 13.7. The third-order valence-corrected chi connectivity index (χ3v) is 4.32. The summed E-state index contributed by atoms with van der Waals surface area (Å²) < 4.78 is 13.7. The van der Waals surface area contributed by atoms with Crippen LogP contribution in [0.2, 0.25) is 5.02 Å². The Balaban J connectivity index is 1.97. The minimum atomic E-state index is -0.372. The van der Waals surface area contributed by atoms with Gasteiger partial charge < -0.3 is 5.32 Å². The molecule has 1 aromatic carbocycles. The molecule has 2 nitrogen and oxygen atoms in total. The van der Waals surface area contributed by atoms with E-state index in [-0.39, 0.29) is 22.8 Å². The second kappa shape index (κ2) is 5.51. The third-order valence-electron chi connectivity index (χ3n) is 4.02. The summed E-state index contributed by atoms with van der Waals surface area (Å²) in [5, 5.41) is 3.46. The zero-order chi connectivity index (χ0) is 14.1. The van der Waals surface area contributed by atoms with E-state index < -0.39 is 0 Å². The van der Waals surface area contributed by atoms with E-state index in [1.54, 1.807) is 6.07 Å². The van der Waals surface area contributed by atoms with Gasteiger partial charge in [-0.2, -0.15) is 0 Å². The molecule has 1 N–H and O–H groups in total. The van der Waals surface area contributed by atoms with E-state index in [2.05, 4.69) is 16.4 Å². The monoisotopic (exact) mass is 290 g/mol. The van der Waals surface area contributed by atoms with Gasteiger partial charge in [0.2, 0.25) is 0 Å². The molecule has 0 radical (unpaired) electrons. The topological polar surface area (TPSA) is 24.9 Å². The number of likely N-dealkylation sites (N-methyl/N-ethyl adjacent to an activating group) is 1. The highest BCUT2D eigenvalue weighted by Crippen LogP contribution is 2.40. The standard InChI is InChI=1S/C16H16ClFN2/c1-19-15(11-5-7-13(17)14(18)9-11)12-6-4-10-3-2-8-20-16(10)12/h2-3,5,7-9,12,15,19H,4,6H2,1H3. The number of nitrogens with one attached hydrogen (secondary N) is 1. The van der Waals surface area contributed by atoms with Crippen molar-refractivity contribution in [3.05, 3.63) is 64.2 Å². The fourth-order valence-corrected chi connectivity index (χ4v) is 3.19. The summed E-state index contributed by atoms with van der Waals surface area (Å²) in [4.78, 5) is 4.52. The highest BCUT2D eigenvalue weighted by atomic mass is 35.5. The van der Waals surface area contributed by atoms with E-state index in [9.17, 15) is 4.39 Å². The molecule has 1 aliphatic rings. The van der Waals surface area contributed by atoms with Crippen molar-refractivity contribution in [2.45, 2.75) is 24.8 Å². The average molecular weight is 291 g/mol. The van der Waals surface area contributed by atoms with Crippen molar-refractivity contribution in [1.29, 1.82) is 0 Å². The van der Waals surface area contributed by atoms with Crippen LogP contribution in [-0.2, 0) is 6.42 Å². The van der Waals surface area contributed by atoms with Crippen molar-refractivity contribution < 1.29 is 4.39 Å². The number of aryl methyl sites for hydroxylation is 1. The Hall–Kier alpha value is -1.45. The molecule has 1 heterocycles. The highest BCUT2D eigenvalue weighted by Gasteiger charge is 2.31. The summed E-state index contributed by atoms with van der Waals surface area (Å²) in [6.45, 7) is 0. The molecule has 3 rings (SSSR count). The largest absolute Gasteiger partial charge is 0.312 e. The molecule has 2 atom stereocenters. The van der Waals surface area contributed by atoms with Crippen LogP contribution in [0.5, 0.6) is 0 Å². The molecule has 0 saturated carbocycles. The molecule has 4 heteroatoms. The van der Waals surface area contributed by atoms with Crippen molar-refractivity contribution >= 4 is 11.6 Å². The zero-order valence-electron chi connectivity index (χ0n) is 11.2. The van der Waals surface area contributed by atoms with Crippen LogP contribution < -0.4 is 5.32 Å². The molecule has 2 aromatic rings. The lowest BCUT2D eigenvalue weighted by atomic mass is 9.91. The Morgan fingerprint density at radius 1 is 1.40 bits per heavy atom. The first-order valence-electron chi connectivity index (χ1n) is 6.76. The molecule has 2 unspecified atom stereocenters. The molecule has 0 fully saturated rings. The number of rotatable bonds is 3. The molecule has 0 saturated heterocycles. The van der Waals surface area contributed by atoms with E-state index in [1.807, 2.05) is 25.4 Å². The van der Waals surface area contributed by atoms with Crippen molar-refractivity contribution in [3.63, 3.8) is 0 Å². The Morgan fingerprint density at radius 3 is 3.00 bits per heavy atom. The van der Waals surface area contributed by atoms with Gasteiger partial charge in [-0.15, -0.1) is 0 Å². The smallest absolute Gasteiger partial charge is 0.142 e. The Bertz CT molecular complexity index is 630. The van der Waals surface area contributed by atoms with E-state index >= 15 is 0 Å². The summed E-state index contributed by atoms with van der Waals surface area (Å²) in [7, 11) is 1.90. The average Bonchev–Trinajstić information content (AvgIpc) is 2.88. The Morgan fingerprint density at radius 2 is 2.25 bits per heavy atom. The van der Waals surface area contributed by atoms with Gasteiger partial charge in [-0.25, -0.2) is 4.39 Å². The lowest BCUT2D eigenvalue weighted by molar-refractivity contribution is 0.467. The summed E-state index contributed by atoms with van der Waals surface area (Å²) >= 11 is 5.76. The quantitative estimate of drug-likeness (QED) is 0.928. The van der Waals surface area contributed by atoms with Crippen LogP contribution >= 0.6 is 11.6 Å². The fourth-order valence-electron chi connectivity index (χ4n) is 3.07. The first-order valence-corrected chi connectivity index (χ1v) is 7.14. The van der Waals surface area contributed by atoms with Crippen LogP contribution in [-0.4, -0.2) is 12.0 Å². The normalized spacial score (nSPS) is 18.9. The van der Waals surface area contributed by atoms with Gasteiger partial charge >= 0.3 is 0 Å². The van der Waals surface area contributed by atoms with Gasteiger partial charge in [0, 0.05) is 23.9 Å². The number of hydrogen-bond acceptors (Lipinski definition) is 2. The van der Waals surface area contributed by atoms with Gasteiger partial charge in [0.25, 0.3) is 0 Å². The predicted molar refractivity (Wildman–Crippen MR) is 78.5 cm³/mol. The van der Waals surface area contributed by atoms with Crippen LogP contribution in [0.4, 0.5) is 4.39 Å². The maximum atomic E-state index is 13.7. The molecule has 0 aliphatic heterocycles. The summed E-state index contributed by atoms with van der Waals surface area (Å²) in [6.07, 6.45) is 3.89. The number of hydrogen-bond donors (Lipinski definition) is 1. The third kappa shape index (κ3) is 2.32. The van der Waals surface area contributed by atoms with Gasteiger partial charge in [-0.05, 0) is 49.2 Å². The molecule has 104 valence electrons. The predicted octanol–water partition coefficient (Wildman–Crippen LogP) is 3.86. The number of pyridine rings is 1. The van der Waals surface area contributed by atoms with Crippen molar-refractivity contribution in [3.8, 4) is 0 Å². The van der Waals surface area contributed by atoms with E-state index in [0.29, 0.717) is 0 Å². The van der Waals surface area contributed by atoms with Crippen molar-refractivity contribution in [2.24, 2.45) is 0 Å². The number of aromatic nitrogens is 1. The first kappa shape index (κ1) is 13.5. The van der Waals surface area contributed by atoms with Crippen LogP contribution in [0.15, 0.2) is 36.5 Å². The highest BCUT2D eigenvalue weighted by molar-refractivity contribution is 6.30. The zero-order valence-corrected chi connectivity index (χ0v) is 12.0. The molecule has 1 aliphatic carbocycles. The van der Waals surface area contributed by atoms with E-state index in [4.69, 9.17) is 11.6 Å². The minimum absolute atomic E-state index is 0.0536. The maximum Gasteiger partial charge on any atom is 0.142 e. The molecular formula is C16H16ClFN2. The van der Waals surface area contributed by atoms with Gasteiger partial charge in [-0.1, -0.05) is 23.7 Å². The SMILES string of the molecule is CNC(c1ccc(Cl)c(F)c1)C1CCc2cccnc21. The first-order chi connectivity index (χ1) is 9.70. The number of nitrogens with zero attached hydrogens (tertiary/aromatic N) is 1. The fraction of sp³-hybridized carbons (Fsp3) is 0.312. The molecule has 0 spiro atoms. The lowest BCUT2D eigenvalue weighted by Gasteiger charge is -2.24. The van der Waals surface area contributed by atoms with Gasteiger partial charge in [0.15, 0.2) is 0 Å². The Labute approximate surface area is 123 Å². The number of benzene rings is 1. The van der Waals surface area contributed by atoms with Crippen LogP contribution in [0.3, 0.4) is 0 Å². The summed E-state index contributed by atoms with van der Waals surface area (Å²) in [6, 6.07) is 9.16. The molecular weight excluding hydrogens is 275 g/mol. The lowest BCUT2D eigenvalue weighted by Crippen LogP contribution is -2.23. The summed E-state index contributed by atoms with van der Waals surface area (Å²) in [5.41, 5.74) is 3.34. The molecule has 1 aromatic heterocycles. The molecule has 0 bridgehead atoms. The molecule has 0 amide bonds. The Kier molecular flexibility index (Phi) is 3.72. The number of halogens is 2. The van der Waals surface area contributed by atoms with Crippen LogP contribution in [0.1, 0.15) is 35.2 Å². The van der Waals surface area contributed by atoms with Crippen molar-refractivity contribution in [2.75, 3.05) is 7.05 Å². The number of fused-ring (bicyclic) bond motifs is 1. The van der Waals surface area contributed by atoms with Gasteiger partial charge in [0.1, 0.15) is 5.82 Å². The van der Waals surface area contributed by atoms with Crippen molar-refractivity contribution in [1.82, 2.24) is 10.3 Å². The summed E-state index contributed by atoms with van der Waals surface area (Å²) in [5.74, 6) is -0.0968. The van der Waals surface area contributed by atoms with Crippen LogP contribution in [0, 0.1) is 5.82 Å². The second-order valence-corrected chi connectivity index (χ2v) is 5.54. The van der Waals surface area contributed by atoms with E-state index in [1.165, 1.54) is 11.6 Å².